The lowest BCUT2D eigenvalue weighted by molar-refractivity contribution is -0.147. The third kappa shape index (κ3) is 4.69. The van der Waals surface area contributed by atoms with E-state index in [1.165, 1.54) is 0 Å². The van der Waals surface area contributed by atoms with Gasteiger partial charge < -0.3 is 25.6 Å². The average Bonchev–Trinajstić information content (AvgIpc) is 3.22. The van der Waals surface area contributed by atoms with Crippen LogP contribution in [0.1, 0.15) is 30.5 Å². The minimum atomic E-state index is -0.613. The highest BCUT2D eigenvalue weighted by Crippen LogP contribution is 2.24. The molecule has 2 saturated heterocycles. The minimum absolute atomic E-state index is 0.118. The third-order valence-electron chi connectivity index (χ3n) is 6.08. The molecule has 4 rings (SSSR count). The van der Waals surface area contributed by atoms with Crippen LogP contribution in [0.15, 0.2) is 54.6 Å². The van der Waals surface area contributed by atoms with Crippen LogP contribution in [0.25, 0.3) is 0 Å². The van der Waals surface area contributed by atoms with E-state index in [9.17, 15) is 14.4 Å². The maximum absolute atomic E-state index is 13.0. The smallest absolute Gasteiger partial charge is 0.315 e. The molecule has 32 heavy (non-hydrogen) atoms. The monoisotopic (exact) mass is 436 g/mol. The largest absolute Gasteiger partial charge is 0.497 e. The van der Waals surface area contributed by atoms with Crippen molar-refractivity contribution < 1.29 is 19.1 Å². The number of nitrogens with one attached hydrogen (secondary N) is 3. The molecule has 2 aromatic rings. The van der Waals surface area contributed by atoms with E-state index in [1.54, 1.807) is 12.0 Å². The number of methoxy groups -OCH3 is 1. The number of carbonyl (C=O) groups excluding carboxylic acids is 3. The highest BCUT2D eigenvalue weighted by Gasteiger charge is 2.46. The molecule has 8 nitrogen and oxygen atoms in total. The Morgan fingerprint density at radius 1 is 1.16 bits per heavy atom. The summed E-state index contributed by atoms with van der Waals surface area (Å²) in [4.78, 5) is 39.8. The summed E-state index contributed by atoms with van der Waals surface area (Å²) < 4.78 is 5.16. The lowest BCUT2D eigenvalue weighted by atomic mass is 10.0. The van der Waals surface area contributed by atoms with Gasteiger partial charge in [0.15, 0.2) is 0 Å². The van der Waals surface area contributed by atoms with E-state index in [1.807, 2.05) is 61.5 Å². The van der Waals surface area contributed by atoms with Crippen LogP contribution in [0.5, 0.6) is 5.75 Å². The Balaban J connectivity index is 1.34. The van der Waals surface area contributed by atoms with Gasteiger partial charge in [0.1, 0.15) is 17.8 Å². The molecule has 2 aliphatic rings. The van der Waals surface area contributed by atoms with Crippen molar-refractivity contribution in [2.75, 3.05) is 13.7 Å². The molecular formula is C24H28N4O4. The van der Waals surface area contributed by atoms with E-state index in [-0.39, 0.29) is 29.9 Å². The first-order valence-corrected chi connectivity index (χ1v) is 10.8. The van der Waals surface area contributed by atoms with Crippen molar-refractivity contribution in [3.8, 4) is 5.75 Å². The molecule has 3 N–H and O–H groups in total. The Hall–Kier alpha value is -3.55. The number of nitrogens with zero attached hydrogens (tertiary/aromatic N) is 1. The van der Waals surface area contributed by atoms with Crippen LogP contribution in [0.4, 0.5) is 4.79 Å². The van der Waals surface area contributed by atoms with E-state index < -0.39 is 12.1 Å². The van der Waals surface area contributed by atoms with Gasteiger partial charge in [-0.1, -0.05) is 42.5 Å². The summed E-state index contributed by atoms with van der Waals surface area (Å²) >= 11 is 0. The Morgan fingerprint density at radius 3 is 2.56 bits per heavy atom. The summed E-state index contributed by atoms with van der Waals surface area (Å²) in [5.41, 5.74) is 1.94. The molecule has 2 fully saturated rings. The van der Waals surface area contributed by atoms with Gasteiger partial charge in [-0.05, 0) is 36.6 Å². The van der Waals surface area contributed by atoms with E-state index >= 15 is 0 Å². The zero-order chi connectivity index (χ0) is 22.7. The summed E-state index contributed by atoms with van der Waals surface area (Å²) in [5, 5.41) is 8.68. The first-order valence-electron chi connectivity index (χ1n) is 10.8. The summed E-state index contributed by atoms with van der Waals surface area (Å²) in [5.74, 6) is 0.444. The Kier molecular flexibility index (Phi) is 6.30. The summed E-state index contributed by atoms with van der Waals surface area (Å²) in [7, 11) is 1.60. The summed E-state index contributed by atoms with van der Waals surface area (Å²) in [6.07, 6.45) is 0.810. The zero-order valence-corrected chi connectivity index (χ0v) is 18.2. The second kappa shape index (κ2) is 9.30. The number of ether oxygens (including phenoxy) is 1. The fourth-order valence-electron chi connectivity index (χ4n) is 4.35. The van der Waals surface area contributed by atoms with Crippen LogP contribution in [0.2, 0.25) is 0 Å². The minimum Gasteiger partial charge on any atom is -0.497 e. The maximum atomic E-state index is 13.0. The Morgan fingerprint density at radius 2 is 1.88 bits per heavy atom. The summed E-state index contributed by atoms with van der Waals surface area (Å²) in [6, 6.07) is 15.2. The van der Waals surface area contributed by atoms with Gasteiger partial charge in [-0.2, -0.15) is 0 Å². The highest BCUT2D eigenvalue weighted by atomic mass is 16.5. The normalized spacial score (nSPS) is 23.2. The topological polar surface area (TPSA) is 99.8 Å². The first kappa shape index (κ1) is 21.7. The van der Waals surface area contributed by atoms with Crippen LogP contribution >= 0.6 is 0 Å². The van der Waals surface area contributed by atoms with E-state index in [0.29, 0.717) is 19.4 Å². The molecule has 0 unspecified atom stereocenters. The Labute approximate surface area is 187 Å². The van der Waals surface area contributed by atoms with Gasteiger partial charge >= 0.3 is 6.03 Å². The molecule has 0 aromatic heterocycles. The molecule has 0 radical (unpaired) electrons. The van der Waals surface area contributed by atoms with Crippen molar-refractivity contribution in [1.82, 2.24) is 20.9 Å². The van der Waals surface area contributed by atoms with Crippen molar-refractivity contribution in [2.24, 2.45) is 0 Å². The van der Waals surface area contributed by atoms with Crippen molar-refractivity contribution in [2.45, 2.75) is 43.9 Å². The van der Waals surface area contributed by atoms with Gasteiger partial charge in [-0.3, -0.25) is 9.59 Å². The number of fused-ring (bicyclic) bond motifs is 1. The lowest BCUT2D eigenvalue weighted by Crippen LogP contribution is -2.61. The number of hydrogen-bond donors (Lipinski definition) is 3. The molecular weight excluding hydrogens is 408 g/mol. The van der Waals surface area contributed by atoms with Gasteiger partial charge in [0.25, 0.3) is 0 Å². The molecule has 0 aliphatic carbocycles. The molecule has 2 heterocycles. The number of piperazine rings is 1. The molecule has 8 heteroatoms. The van der Waals surface area contributed by atoms with E-state index in [4.69, 9.17) is 4.74 Å². The first-order chi connectivity index (χ1) is 15.4. The van der Waals surface area contributed by atoms with Crippen LogP contribution in [0, 0.1) is 0 Å². The van der Waals surface area contributed by atoms with Crippen LogP contribution < -0.4 is 20.7 Å². The number of hydrogen-bond acceptors (Lipinski definition) is 4. The standard InChI is InChI=1S/C24H28N4O4/c1-15(17-6-4-3-5-7-17)25-24(31)26-18-13-21-22(29)27-20(23(30)28(21)14-18)12-16-8-10-19(32-2)11-9-16/h3-11,15,18,20-21H,12-14H2,1-2H3,(H,27,29)(H2,25,26,31)/t15-,18-,20-,21-/m0/s1. The van der Waals surface area contributed by atoms with Crippen molar-refractivity contribution in [3.05, 3.63) is 65.7 Å². The SMILES string of the molecule is COc1ccc(C[C@@H]2NC(=O)[C@@H]3C[C@H](NC(=O)N[C@@H](C)c4ccccc4)CN3C2=O)cc1. The predicted molar refractivity (Wildman–Crippen MR) is 119 cm³/mol. The molecule has 0 saturated carbocycles. The number of rotatable bonds is 6. The second-order valence-electron chi connectivity index (χ2n) is 8.30. The van der Waals surface area contributed by atoms with Crippen LogP contribution in [0.3, 0.4) is 0 Å². The van der Waals surface area contributed by atoms with Gasteiger partial charge in [0.05, 0.1) is 19.2 Å². The highest BCUT2D eigenvalue weighted by molar-refractivity contribution is 5.97. The zero-order valence-electron chi connectivity index (χ0n) is 18.2. The van der Waals surface area contributed by atoms with E-state index in [2.05, 4.69) is 16.0 Å². The molecule has 168 valence electrons. The molecule has 0 spiro atoms. The van der Waals surface area contributed by atoms with Crippen molar-refractivity contribution >= 4 is 17.8 Å². The van der Waals surface area contributed by atoms with E-state index in [0.717, 1.165) is 16.9 Å². The number of benzene rings is 2. The Bertz CT molecular complexity index is 979. The lowest BCUT2D eigenvalue weighted by Gasteiger charge is -2.34. The number of carbonyl (C=O) groups is 3. The molecule has 4 atom stereocenters. The fraction of sp³-hybridized carbons (Fsp3) is 0.375. The van der Waals surface area contributed by atoms with Gasteiger partial charge in [-0.25, -0.2) is 4.79 Å². The maximum Gasteiger partial charge on any atom is 0.315 e. The third-order valence-corrected chi connectivity index (χ3v) is 6.08. The van der Waals surface area contributed by atoms with Crippen LogP contribution in [-0.4, -0.2) is 54.5 Å². The molecule has 2 aliphatic heterocycles. The molecule has 2 aromatic carbocycles. The van der Waals surface area contributed by atoms with Gasteiger partial charge in [-0.15, -0.1) is 0 Å². The van der Waals surface area contributed by atoms with Crippen LogP contribution in [-0.2, 0) is 16.0 Å². The quantitative estimate of drug-likeness (QED) is 0.643. The molecule has 0 bridgehead atoms. The van der Waals surface area contributed by atoms with Gasteiger partial charge in [0, 0.05) is 13.0 Å². The van der Waals surface area contributed by atoms with Crippen molar-refractivity contribution in [3.63, 3.8) is 0 Å². The van der Waals surface area contributed by atoms with Gasteiger partial charge in [0.2, 0.25) is 11.8 Å². The number of amides is 4. The average molecular weight is 437 g/mol. The number of urea groups is 1. The predicted octanol–water partition coefficient (Wildman–Crippen LogP) is 1.77. The second-order valence-corrected chi connectivity index (χ2v) is 8.30. The fourth-order valence-corrected chi connectivity index (χ4v) is 4.35. The molecule has 4 amide bonds. The summed E-state index contributed by atoms with van der Waals surface area (Å²) in [6.45, 7) is 2.23. The van der Waals surface area contributed by atoms with Crippen molar-refractivity contribution in [1.29, 1.82) is 0 Å².